The number of benzene rings is 2. The normalized spacial score (nSPS) is 14.2. The van der Waals surface area contributed by atoms with Gasteiger partial charge in [-0.05, 0) is 36.1 Å². The maximum Gasteiger partial charge on any atom is 0.416 e. The zero-order valence-corrected chi connectivity index (χ0v) is 16.7. The van der Waals surface area contributed by atoms with Crippen molar-refractivity contribution in [2.75, 3.05) is 0 Å². The van der Waals surface area contributed by atoms with E-state index in [-0.39, 0.29) is 24.3 Å². The van der Waals surface area contributed by atoms with Gasteiger partial charge in [-0.25, -0.2) is 0 Å². The van der Waals surface area contributed by atoms with E-state index in [9.17, 15) is 18.0 Å². The zero-order valence-electron chi connectivity index (χ0n) is 16.7. The van der Waals surface area contributed by atoms with Crippen molar-refractivity contribution in [3.05, 3.63) is 71.4 Å². The molecule has 3 aromatic rings. The van der Waals surface area contributed by atoms with Gasteiger partial charge in [0, 0.05) is 35.5 Å². The number of para-hydroxylation sites is 1. The van der Waals surface area contributed by atoms with E-state index in [0.29, 0.717) is 5.56 Å². The van der Waals surface area contributed by atoms with Crippen molar-refractivity contribution >= 4 is 16.8 Å². The monoisotopic (exact) mass is 402 g/mol. The van der Waals surface area contributed by atoms with Crippen LogP contribution >= 0.6 is 0 Å². The molecule has 0 aliphatic rings. The Balaban J connectivity index is 2.02. The van der Waals surface area contributed by atoms with Crippen LogP contribution in [0.2, 0.25) is 0 Å². The standard InChI is InChI=1S/C23H25F3N2O/c1-14(2)15(3)28-22(29)12-19(16-7-6-8-17(11-16)23(24,25)26)20-13-27-21-10-5-4-9-18(20)21/h4-11,13-15,19,27H,12H2,1-3H3,(H,28,29)/t15-,19+/m1/s1. The van der Waals surface area contributed by atoms with Gasteiger partial charge in [-0.15, -0.1) is 0 Å². The Morgan fingerprint density at radius 1 is 1.07 bits per heavy atom. The first-order chi connectivity index (χ1) is 13.7. The van der Waals surface area contributed by atoms with E-state index in [1.165, 1.54) is 6.07 Å². The van der Waals surface area contributed by atoms with E-state index in [4.69, 9.17) is 0 Å². The lowest BCUT2D eigenvalue weighted by molar-refractivity contribution is -0.137. The summed E-state index contributed by atoms with van der Waals surface area (Å²) in [4.78, 5) is 15.9. The molecule has 0 radical (unpaired) electrons. The number of aromatic amines is 1. The van der Waals surface area contributed by atoms with E-state index in [1.54, 1.807) is 12.3 Å². The van der Waals surface area contributed by atoms with Crippen molar-refractivity contribution in [3.8, 4) is 0 Å². The first kappa shape index (κ1) is 21.0. The molecule has 2 aromatic carbocycles. The highest BCUT2D eigenvalue weighted by Gasteiger charge is 2.32. The van der Waals surface area contributed by atoms with Crippen molar-refractivity contribution in [2.24, 2.45) is 5.92 Å². The Hall–Kier alpha value is -2.76. The second-order valence-electron chi connectivity index (χ2n) is 7.77. The third-order valence-corrected chi connectivity index (χ3v) is 5.39. The second-order valence-corrected chi connectivity index (χ2v) is 7.77. The smallest absolute Gasteiger partial charge is 0.361 e. The van der Waals surface area contributed by atoms with Crippen molar-refractivity contribution in [2.45, 2.75) is 45.3 Å². The molecule has 3 rings (SSSR count). The Labute approximate surface area is 168 Å². The molecule has 29 heavy (non-hydrogen) atoms. The van der Waals surface area contributed by atoms with Crippen LogP contribution in [0.5, 0.6) is 0 Å². The number of aromatic nitrogens is 1. The molecule has 1 heterocycles. The lowest BCUT2D eigenvalue weighted by Crippen LogP contribution is -2.36. The van der Waals surface area contributed by atoms with E-state index >= 15 is 0 Å². The summed E-state index contributed by atoms with van der Waals surface area (Å²) in [7, 11) is 0. The second kappa shape index (κ2) is 8.31. The molecule has 0 unspecified atom stereocenters. The van der Waals surface area contributed by atoms with Gasteiger partial charge < -0.3 is 10.3 Å². The van der Waals surface area contributed by atoms with Crippen LogP contribution in [0.4, 0.5) is 13.2 Å². The molecule has 0 spiro atoms. The molecule has 3 nitrogen and oxygen atoms in total. The fraction of sp³-hybridized carbons (Fsp3) is 0.348. The number of carbonyl (C=O) groups excluding carboxylic acids is 1. The van der Waals surface area contributed by atoms with Crippen LogP contribution in [-0.4, -0.2) is 16.9 Å². The van der Waals surface area contributed by atoms with Crippen LogP contribution in [0.1, 0.15) is 49.8 Å². The Morgan fingerprint density at radius 3 is 2.48 bits per heavy atom. The molecule has 6 heteroatoms. The van der Waals surface area contributed by atoms with Crippen LogP contribution in [0, 0.1) is 5.92 Å². The summed E-state index contributed by atoms with van der Waals surface area (Å²) in [5.41, 5.74) is 1.45. The molecule has 0 fully saturated rings. The third-order valence-electron chi connectivity index (χ3n) is 5.39. The van der Waals surface area contributed by atoms with Crippen LogP contribution in [-0.2, 0) is 11.0 Å². The van der Waals surface area contributed by atoms with Gasteiger partial charge in [0.15, 0.2) is 0 Å². The SMILES string of the molecule is CC(C)[C@@H](C)NC(=O)C[C@@H](c1cccc(C(F)(F)F)c1)c1c[nH]c2ccccc12. The number of hydrogen-bond acceptors (Lipinski definition) is 1. The number of amides is 1. The highest BCUT2D eigenvalue weighted by atomic mass is 19.4. The summed E-state index contributed by atoms with van der Waals surface area (Å²) in [6.45, 7) is 5.94. The number of rotatable bonds is 6. The molecule has 0 bridgehead atoms. The van der Waals surface area contributed by atoms with Crippen molar-refractivity contribution in [1.82, 2.24) is 10.3 Å². The number of H-pyrrole nitrogens is 1. The lowest BCUT2D eigenvalue weighted by atomic mass is 9.87. The van der Waals surface area contributed by atoms with Gasteiger partial charge in [0.2, 0.25) is 5.91 Å². The number of nitrogens with one attached hydrogen (secondary N) is 2. The third kappa shape index (κ3) is 4.81. The molecular weight excluding hydrogens is 377 g/mol. The molecule has 154 valence electrons. The zero-order chi connectivity index (χ0) is 21.2. The van der Waals surface area contributed by atoms with Gasteiger partial charge in [0.25, 0.3) is 0 Å². The molecule has 1 amide bonds. The summed E-state index contributed by atoms with van der Waals surface area (Å²) < 4.78 is 39.8. The predicted octanol–water partition coefficient (Wildman–Crippen LogP) is 5.87. The van der Waals surface area contributed by atoms with Crippen LogP contribution < -0.4 is 5.32 Å². The summed E-state index contributed by atoms with van der Waals surface area (Å²) in [6, 6.07) is 12.8. The lowest BCUT2D eigenvalue weighted by Gasteiger charge is -2.22. The van der Waals surface area contributed by atoms with Gasteiger partial charge >= 0.3 is 6.18 Å². The molecule has 2 N–H and O–H groups in total. The van der Waals surface area contributed by atoms with Gasteiger partial charge in [0.05, 0.1) is 5.56 Å². The summed E-state index contributed by atoms with van der Waals surface area (Å²) in [5, 5.41) is 3.87. The minimum atomic E-state index is -4.44. The fourth-order valence-electron chi connectivity index (χ4n) is 3.39. The molecule has 0 aliphatic heterocycles. The van der Waals surface area contributed by atoms with Crippen molar-refractivity contribution in [3.63, 3.8) is 0 Å². The largest absolute Gasteiger partial charge is 0.416 e. The minimum absolute atomic E-state index is 0.0207. The van der Waals surface area contributed by atoms with Crippen molar-refractivity contribution in [1.29, 1.82) is 0 Å². The Kier molecular flexibility index (Phi) is 6.01. The molecule has 0 aliphatic carbocycles. The Bertz CT molecular complexity index is 991. The van der Waals surface area contributed by atoms with E-state index < -0.39 is 17.7 Å². The number of fused-ring (bicyclic) bond motifs is 1. The van der Waals surface area contributed by atoms with Gasteiger partial charge in [-0.1, -0.05) is 50.2 Å². The maximum atomic E-state index is 13.3. The molecule has 1 aromatic heterocycles. The van der Waals surface area contributed by atoms with Gasteiger partial charge in [-0.2, -0.15) is 13.2 Å². The highest BCUT2D eigenvalue weighted by Crippen LogP contribution is 2.36. The average molecular weight is 402 g/mol. The quantitative estimate of drug-likeness (QED) is 0.532. The maximum absolute atomic E-state index is 13.3. The van der Waals surface area contributed by atoms with Crippen LogP contribution in [0.15, 0.2) is 54.7 Å². The molecule has 0 saturated heterocycles. The van der Waals surface area contributed by atoms with Crippen LogP contribution in [0.25, 0.3) is 10.9 Å². The fourth-order valence-corrected chi connectivity index (χ4v) is 3.39. The number of alkyl halides is 3. The molecular formula is C23H25F3N2O. The number of hydrogen-bond donors (Lipinski definition) is 2. The van der Waals surface area contributed by atoms with Crippen molar-refractivity contribution < 1.29 is 18.0 Å². The average Bonchev–Trinajstić information content (AvgIpc) is 3.09. The summed E-state index contributed by atoms with van der Waals surface area (Å²) in [6.07, 6.45) is -2.58. The number of halogens is 3. The van der Waals surface area contributed by atoms with Gasteiger partial charge in [0.1, 0.15) is 0 Å². The van der Waals surface area contributed by atoms with Crippen LogP contribution in [0.3, 0.4) is 0 Å². The number of carbonyl (C=O) groups is 1. The predicted molar refractivity (Wildman–Crippen MR) is 109 cm³/mol. The topological polar surface area (TPSA) is 44.9 Å². The molecule has 2 atom stereocenters. The molecule has 0 saturated carbocycles. The minimum Gasteiger partial charge on any atom is -0.361 e. The first-order valence-electron chi connectivity index (χ1n) is 9.69. The summed E-state index contributed by atoms with van der Waals surface area (Å²) in [5.74, 6) is -0.411. The van der Waals surface area contributed by atoms with E-state index in [2.05, 4.69) is 10.3 Å². The summed E-state index contributed by atoms with van der Waals surface area (Å²) >= 11 is 0. The highest BCUT2D eigenvalue weighted by molar-refractivity contribution is 5.86. The Morgan fingerprint density at radius 2 is 1.79 bits per heavy atom. The van der Waals surface area contributed by atoms with E-state index in [1.807, 2.05) is 45.0 Å². The van der Waals surface area contributed by atoms with E-state index in [0.717, 1.165) is 28.6 Å². The first-order valence-corrected chi connectivity index (χ1v) is 9.69. The van der Waals surface area contributed by atoms with Gasteiger partial charge in [-0.3, -0.25) is 4.79 Å².